The number of hydrogen-bond donors (Lipinski definition) is 0. The molecule has 2 rings (SSSR count). The molecule has 1 fully saturated rings. The van der Waals surface area contributed by atoms with E-state index in [0.29, 0.717) is 11.5 Å². The Labute approximate surface area is 102 Å². The van der Waals surface area contributed by atoms with Gasteiger partial charge in [0.15, 0.2) is 0 Å². The molecule has 1 aromatic heterocycles. The monoisotopic (exact) mass is 236 g/mol. The van der Waals surface area contributed by atoms with Crippen molar-refractivity contribution in [3.8, 4) is 0 Å². The van der Waals surface area contributed by atoms with Crippen LogP contribution in [-0.4, -0.2) is 13.1 Å². The molecule has 0 aliphatic heterocycles. The standard InChI is InChI=1S/C14H20O3/c1-16-14(15)12-9-13(17-10-12)11-7-5-3-2-4-6-8-11/h9-11H,2-8H2,1H3. The maximum Gasteiger partial charge on any atom is 0.341 e. The minimum atomic E-state index is -0.314. The lowest BCUT2D eigenvalue weighted by molar-refractivity contribution is 0.0600. The van der Waals surface area contributed by atoms with Gasteiger partial charge in [-0.15, -0.1) is 0 Å². The van der Waals surface area contributed by atoms with Crippen molar-refractivity contribution in [2.45, 2.75) is 50.9 Å². The van der Waals surface area contributed by atoms with E-state index in [9.17, 15) is 4.79 Å². The molecule has 0 radical (unpaired) electrons. The van der Waals surface area contributed by atoms with Crippen LogP contribution in [0, 0.1) is 0 Å². The molecule has 3 heteroatoms. The Morgan fingerprint density at radius 3 is 2.53 bits per heavy atom. The van der Waals surface area contributed by atoms with Crippen LogP contribution in [0.5, 0.6) is 0 Å². The lowest BCUT2D eigenvalue weighted by Crippen LogP contribution is -2.02. The van der Waals surface area contributed by atoms with Crippen LogP contribution in [0.15, 0.2) is 16.7 Å². The maximum atomic E-state index is 11.4. The second-order valence-electron chi connectivity index (χ2n) is 4.77. The second kappa shape index (κ2) is 5.89. The molecule has 1 aliphatic carbocycles. The number of ether oxygens (including phenoxy) is 1. The molecule has 0 bridgehead atoms. The summed E-state index contributed by atoms with van der Waals surface area (Å²) in [7, 11) is 1.39. The number of carbonyl (C=O) groups excluding carboxylic acids is 1. The van der Waals surface area contributed by atoms with Crippen molar-refractivity contribution in [2.24, 2.45) is 0 Å². The predicted octanol–water partition coefficient (Wildman–Crippen LogP) is 3.89. The highest BCUT2D eigenvalue weighted by atomic mass is 16.5. The van der Waals surface area contributed by atoms with E-state index >= 15 is 0 Å². The Hall–Kier alpha value is -1.25. The van der Waals surface area contributed by atoms with Gasteiger partial charge in [0, 0.05) is 5.92 Å². The number of furan rings is 1. The van der Waals surface area contributed by atoms with Crippen molar-refractivity contribution >= 4 is 5.97 Å². The molecule has 3 nitrogen and oxygen atoms in total. The topological polar surface area (TPSA) is 39.4 Å². The van der Waals surface area contributed by atoms with Crippen LogP contribution < -0.4 is 0 Å². The van der Waals surface area contributed by atoms with Crippen LogP contribution in [0.1, 0.15) is 67.0 Å². The Balaban J connectivity index is 2.04. The zero-order chi connectivity index (χ0) is 12.1. The third-order valence-corrected chi connectivity index (χ3v) is 3.55. The minimum absolute atomic E-state index is 0.314. The van der Waals surface area contributed by atoms with Crippen molar-refractivity contribution in [3.63, 3.8) is 0 Å². The molecule has 0 aromatic carbocycles. The summed E-state index contributed by atoms with van der Waals surface area (Å²) < 4.78 is 10.2. The van der Waals surface area contributed by atoms with Crippen LogP contribution in [0.3, 0.4) is 0 Å². The highest BCUT2D eigenvalue weighted by Crippen LogP contribution is 2.31. The summed E-state index contributed by atoms with van der Waals surface area (Å²) >= 11 is 0. The van der Waals surface area contributed by atoms with Gasteiger partial charge in [-0.2, -0.15) is 0 Å². The molecule has 17 heavy (non-hydrogen) atoms. The summed E-state index contributed by atoms with van der Waals surface area (Å²) in [6, 6.07) is 1.85. The summed E-state index contributed by atoms with van der Waals surface area (Å²) in [6.45, 7) is 0. The van der Waals surface area contributed by atoms with Crippen molar-refractivity contribution in [2.75, 3.05) is 7.11 Å². The first-order valence-corrected chi connectivity index (χ1v) is 6.48. The van der Waals surface area contributed by atoms with E-state index in [1.807, 2.05) is 6.07 Å². The predicted molar refractivity (Wildman–Crippen MR) is 65.1 cm³/mol. The molecule has 0 N–H and O–H groups in total. The molecule has 0 spiro atoms. The largest absolute Gasteiger partial charge is 0.468 e. The summed E-state index contributed by atoms with van der Waals surface area (Å²) in [5.74, 6) is 1.12. The maximum absolute atomic E-state index is 11.4. The van der Waals surface area contributed by atoms with E-state index in [4.69, 9.17) is 4.42 Å². The van der Waals surface area contributed by atoms with E-state index in [-0.39, 0.29) is 5.97 Å². The SMILES string of the molecule is COC(=O)c1coc(C2CCCCCCC2)c1. The summed E-state index contributed by atoms with van der Waals surface area (Å²) in [4.78, 5) is 11.4. The molecule has 94 valence electrons. The van der Waals surface area contributed by atoms with E-state index in [2.05, 4.69) is 4.74 Å². The zero-order valence-electron chi connectivity index (χ0n) is 10.4. The van der Waals surface area contributed by atoms with Crippen LogP contribution in [0.4, 0.5) is 0 Å². The molecule has 1 aliphatic rings. The quantitative estimate of drug-likeness (QED) is 0.731. The average Bonchev–Trinajstić information content (AvgIpc) is 2.77. The molecule has 1 heterocycles. The lowest BCUT2D eigenvalue weighted by Gasteiger charge is -2.17. The third-order valence-electron chi connectivity index (χ3n) is 3.55. The molecule has 0 unspecified atom stereocenters. The molecular weight excluding hydrogens is 216 g/mol. The fraction of sp³-hybridized carbons (Fsp3) is 0.643. The second-order valence-corrected chi connectivity index (χ2v) is 4.77. The fourth-order valence-corrected chi connectivity index (χ4v) is 2.53. The Kier molecular flexibility index (Phi) is 4.24. The van der Waals surface area contributed by atoms with Crippen molar-refractivity contribution in [1.29, 1.82) is 0 Å². The van der Waals surface area contributed by atoms with Gasteiger partial charge in [0.05, 0.1) is 12.7 Å². The zero-order valence-corrected chi connectivity index (χ0v) is 10.4. The van der Waals surface area contributed by atoms with Gasteiger partial charge in [-0.25, -0.2) is 4.79 Å². The van der Waals surface area contributed by atoms with Gasteiger partial charge in [0.1, 0.15) is 12.0 Å². The Bertz CT molecular complexity index is 359. The average molecular weight is 236 g/mol. The van der Waals surface area contributed by atoms with Crippen molar-refractivity contribution in [1.82, 2.24) is 0 Å². The molecule has 0 saturated heterocycles. The Morgan fingerprint density at radius 1 is 1.24 bits per heavy atom. The number of rotatable bonds is 2. The molecule has 0 amide bonds. The smallest absolute Gasteiger partial charge is 0.341 e. The number of esters is 1. The highest BCUT2D eigenvalue weighted by molar-refractivity contribution is 5.89. The number of carbonyl (C=O) groups is 1. The summed E-state index contributed by atoms with van der Waals surface area (Å²) in [6.07, 6.45) is 10.4. The van der Waals surface area contributed by atoms with Gasteiger partial charge in [0.2, 0.25) is 0 Å². The summed E-state index contributed by atoms with van der Waals surface area (Å²) in [5, 5.41) is 0. The van der Waals surface area contributed by atoms with E-state index in [1.54, 1.807) is 0 Å². The normalized spacial score (nSPS) is 18.4. The van der Waals surface area contributed by atoms with Gasteiger partial charge in [-0.3, -0.25) is 0 Å². The first-order valence-electron chi connectivity index (χ1n) is 6.48. The van der Waals surface area contributed by atoms with Gasteiger partial charge >= 0.3 is 5.97 Å². The highest BCUT2D eigenvalue weighted by Gasteiger charge is 2.19. The van der Waals surface area contributed by atoms with Crippen LogP contribution in [0.2, 0.25) is 0 Å². The molecule has 0 atom stereocenters. The van der Waals surface area contributed by atoms with Gasteiger partial charge in [-0.1, -0.05) is 32.1 Å². The lowest BCUT2D eigenvalue weighted by atomic mass is 9.89. The van der Waals surface area contributed by atoms with Crippen molar-refractivity contribution < 1.29 is 13.9 Å². The van der Waals surface area contributed by atoms with Crippen LogP contribution in [0.25, 0.3) is 0 Å². The van der Waals surface area contributed by atoms with Crippen LogP contribution >= 0.6 is 0 Å². The van der Waals surface area contributed by atoms with Crippen LogP contribution in [-0.2, 0) is 4.74 Å². The molecule has 1 saturated carbocycles. The third kappa shape index (κ3) is 3.11. The molecular formula is C14H20O3. The fourth-order valence-electron chi connectivity index (χ4n) is 2.53. The molecule has 1 aromatic rings. The number of hydrogen-bond acceptors (Lipinski definition) is 3. The first kappa shape index (κ1) is 12.2. The Morgan fingerprint density at radius 2 is 1.88 bits per heavy atom. The van der Waals surface area contributed by atoms with Gasteiger partial charge < -0.3 is 9.15 Å². The minimum Gasteiger partial charge on any atom is -0.468 e. The summed E-state index contributed by atoms with van der Waals surface area (Å²) in [5.41, 5.74) is 0.532. The number of methoxy groups -OCH3 is 1. The van der Waals surface area contributed by atoms with Gasteiger partial charge in [0.25, 0.3) is 0 Å². The van der Waals surface area contributed by atoms with E-state index in [1.165, 1.54) is 58.3 Å². The van der Waals surface area contributed by atoms with Crippen molar-refractivity contribution in [3.05, 3.63) is 23.7 Å². The first-order chi connectivity index (χ1) is 8.31. The van der Waals surface area contributed by atoms with E-state index < -0.39 is 0 Å². The van der Waals surface area contributed by atoms with E-state index in [0.717, 1.165) is 5.76 Å². The van der Waals surface area contributed by atoms with Gasteiger partial charge in [-0.05, 0) is 18.9 Å².